The van der Waals surface area contributed by atoms with Crippen LogP contribution in [0.5, 0.6) is 46.0 Å². The van der Waals surface area contributed by atoms with Crippen molar-refractivity contribution in [1.82, 2.24) is 0 Å². The van der Waals surface area contributed by atoms with E-state index in [4.69, 9.17) is 40.9 Å². The molecule has 0 heterocycles. The molecule has 0 aliphatic rings. The second-order valence-corrected chi connectivity index (χ2v) is 8.89. The van der Waals surface area contributed by atoms with Crippen LogP contribution in [-0.4, -0.2) is 60.5 Å². The minimum Gasteiger partial charge on any atom is -0.561 e. The number of nitro benzene ring substituents is 4. The van der Waals surface area contributed by atoms with Crippen molar-refractivity contribution in [3.63, 3.8) is 0 Å². The number of hydrogen-bond donors (Lipinski definition) is 8. The Morgan fingerprint density at radius 1 is 0.404 bits per heavy atom. The maximum atomic E-state index is 10.3. The molecule has 268 valence electrons. The molecule has 0 saturated heterocycles. The first kappa shape index (κ1) is 55.5. The molecule has 0 bridgehead atoms. The van der Waals surface area contributed by atoms with Gasteiger partial charge in [0, 0.05) is 153 Å². The molecule has 0 spiro atoms. The van der Waals surface area contributed by atoms with Gasteiger partial charge in [-0.3, -0.25) is 40.5 Å². The number of phenols is 8. The predicted molar refractivity (Wildman–Crippen MR) is 164 cm³/mol. The largest absolute Gasteiger partial charge is 0.561 e. The SMILES string of the molecule is [CH2-]c1cc(O)c(O)c([N+](=O)[O-])c1.[CH2-]c1cc(O)c(O)cc1[N+](=O)[O-].[CH2-]c1cc([N+](=O)[O-])cc(O)c1O.[CH2-]c1ccc([N+](=O)[O-])c(O)c1O.[Y].[Y].[Y].[Y]. The van der Waals surface area contributed by atoms with Crippen molar-refractivity contribution in [2.45, 2.75) is 0 Å². The Bertz CT molecular complexity index is 1860. The molecule has 0 aliphatic carbocycles. The Morgan fingerprint density at radius 2 is 0.865 bits per heavy atom. The summed E-state index contributed by atoms with van der Waals surface area (Å²) in [7, 11) is 0. The van der Waals surface area contributed by atoms with Gasteiger partial charge in [0.05, 0.1) is 21.3 Å². The zero-order chi connectivity index (χ0) is 37.2. The van der Waals surface area contributed by atoms with Crippen molar-refractivity contribution in [1.29, 1.82) is 0 Å². The van der Waals surface area contributed by atoms with Crippen LogP contribution in [0.25, 0.3) is 0 Å². The third-order valence-corrected chi connectivity index (χ3v) is 5.47. The quantitative estimate of drug-likeness (QED) is 0.0592. The number of rotatable bonds is 4. The van der Waals surface area contributed by atoms with Gasteiger partial charge in [0.1, 0.15) is 23.0 Å². The van der Waals surface area contributed by atoms with Gasteiger partial charge in [0.15, 0.2) is 11.4 Å². The molecule has 20 nitrogen and oxygen atoms in total. The van der Waals surface area contributed by atoms with Crippen LogP contribution in [0.4, 0.5) is 22.7 Å². The first-order valence-corrected chi connectivity index (χ1v) is 12.2. The average molecular weight is 1030 g/mol. The van der Waals surface area contributed by atoms with Crippen molar-refractivity contribution in [3.8, 4) is 46.0 Å². The van der Waals surface area contributed by atoms with Crippen LogP contribution in [0.1, 0.15) is 22.3 Å². The zero-order valence-electron chi connectivity index (χ0n) is 26.4. The molecule has 4 aromatic carbocycles. The monoisotopic (exact) mass is 1030 g/mol. The van der Waals surface area contributed by atoms with Gasteiger partial charge in [0.25, 0.3) is 11.4 Å². The average Bonchev–Trinajstić information content (AvgIpc) is 2.98. The minimum atomic E-state index is -0.788. The van der Waals surface area contributed by atoms with Crippen molar-refractivity contribution < 1.29 is 191 Å². The van der Waals surface area contributed by atoms with Crippen LogP contribution in [0.2, 0.25) is 0 Å². The van der Waals surface area contributed by atoms with Crippen molar-refractivity contribution >= 4 is 22.7 Å². The van der Waals surface area contributed by atoms with E-state index in [1.807, 2.05) is 0 Å². The maximum Gasteiger partial charge on any atom is 0.289 e. The van der Waals surface area contributed by atoms with E-state index in [2.05, 4.69) is 27.7 Å². The van der Waals surface area contributed by atoms with Gasteiger partial charge in [-0.05, 0) is 6.07 Å². The van der Waals surface area contributed by atoms with E-state index in [1.165, 1.54) is 6.07 Å². The molecule has 0 amide bonds. The number of non-ortho nitro benzene ring substituents is 1. The molecule has 8 N–H and O–H groups in total. The van der Waals surface area contributed by atoms with Crippen LogP contribution in [0, 0.1) is 68.2 Å². The van der Waals surface area contributed by atoms with Gasteiger partial charge in [-0.2, -0.15) is 44.9 Å². The summed E-state index contributed by atoms with van der Waals surface area (Å²) in [4.78, 5) is 38.0. The molecule has 4 rings (SSSR count). The molecule has 0 unspecified atom stereocenters. The van der Waals surface area contributed by atoms with E-state index in [0.717, 1.165) is 42.5 Å². The fourth-order valence-corrected chi connectivity index (χ4v) is 3.10. The molecule has 0 atom stereocenters. The molecule has 0 aromatic heterocycles. The third kappa shape index (κ3) is 16.2. The number of benzene rings is 4. The van der Waals surface area contributed by atoms with Crippen LogP contribution >= 0.6 is 0 Å². The summed E-state index contributed by atoms with van der Waals surface area (Å²) < 4.78 is 0. The van der Waals surface area contributed by atoms with Gasteiger partial charge in [-0.15, -0.1) is 23.3 Å². The third-order valence-electron chi connectivity index (χ3n) is 5.47. The Labute approximate surface area is 394 Å². The number of hydrogen-bond acceptors (Lipinski definition) is 16. The van der Waals surface area contributed by atoms with Crippen molar-refractivity contribution in [2.75, 3.05) is 0 Å². The molecule has 52 heavy (non-hydrogen) atoms. The standard InChI is InChI=1S/4C7H6NO4.4Y/c1-4-2-6(9)7(10)3-5(4)8(11)12;1-4-2-5(8(11)12)3-6(9)7(4)10;1-4-2-5(8(11)12)7(10)6(9)3-4;1-4-2-3-5(8(11)12)7(10)6(4)9;;;;/h4*2-3,9-10H,1H2;;;;/q4*-1;;;;. The van der Waals surface area contributed by atoms with Gasteiger partial charge >= 0.3 is 0 Å². The second-order valence-electron chi connectivity index (χ2n) is 8.89. The van der Waals surface area contributed by atoms with E-state index >= 15 is 0 Å². The van der Waals surface area contributed by atoms with E-state index in [1.54, 1.807) is 0 Å². The molecule has 0 aliphatic heterocycles. The number of phenolic OH excluding ortho intramolecular Hbond substituents is 8. The van der Waals surface area contributed by atoms with E-state index in [9.17, 15) is 40.5 Å². The maximum absolute atomic E-state index is 10.3. The molecular formula is C28H24N4O16Y4-4. The number of nitrogens with zero attached hydrogens (tertiary/aromatic N) is 4. The summed E-state index contributed by atoms with van der Waals surface area (Å²) in [6, 6.07) is 8.40. The normalized spacial score (nSPS) is 8.92. The number of aromatic hydroxyl groups is 8. The summed E-state index contributed by atoms with van der Waals surface area (Å²) >= 11 is 0. The van der Waals surface area contributed by atoms with Crippen molar-refractivity contribution in [2.24, 2.45) is 0 Å². The van der Waals surface area contributed by atoms with Crippen LogP contribution in [0.3, 0.4) is 0 Å². The molecule has 0 fully saturated rings. The Kier molecular flexibility index (Phi) is 26.6. The van der Waals surface area contributed by atoms with E-state index in [-0.39, 0.29) is 164 Å². The molecular weight excluding hydrogens is 1000 g/mol. The first-order chi connectivity index (χ1) is 22.1. The molecule has 0 saturated carbocycles. The fourth-order valence-electron chi connectivity index (χ4n) is 3.10. The first-order valence-electron chi connectivity index (χ1n) is 12.2. The van der Waals surface area contributed by atoms with E-state index < -0.39 is 77.1 Å². The predicted octanol–water partition coefficient (Wildman–Crippen LogP) is 4.74. The number of nitro groups is 4. The van der Waals surface area contributed by atoms with E-state index in [0.29, 0.717) is 0 Å². The summed E-state index contributed by atoms with van der Waals surface area (Å²) in [5.74, 6) is -4.45. The fraction of sp³-hybridized carbons (Fsp3) is 0. The summed E-state index contributed by atoms with van der Waals surface area (Å²) in [5.41, 5.74) is -1.16. The summed E-state index contributed by atoms with van der Waals surface area (Å²) in [6.45, 7) is 13.4. The Morgan fingerprint density at radius 3 is 1.31 bits per heavy atom. The summed E-state index contributed by atoms with van der Waals surface area (Å²) in [6.07, 6.45) is 0. The van der Waals surface area contributed by atoms with Crippen LogP contribution in [-0.2, 0) is 131 Å². The van der Waals surface area contributed by atoms with Gasteiger partial charge in [-0.25, -0.2) is 0 Å². The van der Waals surface area contributed by atoms with Gasteiger partial charge < -0.3 is 40.9 Å². The minimum absolute atomic E-state index is 0. The van der Waals surface area contributed by atoms with Gasteiger partial charge in [0.2, 0.25) is 11.4 Å². The summed E-state index contributed by atoms with van der Waals surface area (Å²) in [5, 5.41) is 113. The molecule has 4 radical (unpaired) electrons. The van der Waals surface area contributed by atoms with Crippen LogP contribution in [0.15, 0.2) is 48.5 Å². The van der Waals surface area contributed by atoms with Gasteiger partial charge in [-0.1, -0.05) is 12.1 Å². The Balaban J connectivity index is -0.000000288. The zero-order valence-corrected chi connectivity index (χ0v) is 37.7. The Hall–Kier alpha value is -3.22. The molecule has 4 aromatic rings. The smallest absolute Gasteiger partial charge is 0.289 e. The van der Waals surface area contributed by atoms with Crippen LogP contribution < -0.4 is 0 Å². The molecule has 24 heteroatoms. The second kappa shape index (κ2) is 24.9. The van der Waals surface area contributed by atoms with Crippen molar-refractivity contribution in [3.05, 3.63) is 139 Å². The topological polar surface area (TPSA) is 334 Å².